The summed E-state index contributed by atoms with van der Waals surface area (Å²) in [6.45, 7) is 1.88. The molecule has 2 amide bonds. The number of aryl methyl sites for hydroxylation is 1. The van der Waals surface area contributed by atoms with Gasteiger partial charge in [-0.2, -0.15) is 0 Å². The highest BCUT2D eigenvalue weighted by atomic mass is 32.1. The summed E-state index contributed by atoms with van der Waals surface area (Å²) >= 11 is 1.50. The Hall–Kier alpha value is -1.43. The van der Waals surface area contributed by atoms with Gasteiger partial charge in [-0.05, 0) is 6.92 Å². The number of nitrogens with two attached hydrogens (primary N) is 2. The number of amides is 2. The van der Waals surface area contributed by atoms with Crippen LogP contribution in [0.1, 0.15) is 17.1 Å². The van der Waals surface area contributed by atoms with Crippen LogP contribution in [0.25, 0.3) is 0 Å². The van der Waals surface area contributed by atoms with Gasteiger partial charge in [-0.15, -0.1) is 11.3 Å². The summed E-state index contributed by atoms with van der Waals surface area (Å²) in [5.74, 6) is -1.59. The highest BCUT2D eigenvalue weighted by molar-refractivity contribution is 7.09. The van der Waals surface area contributed by atoms with Crippen LogP contribution in [0.4, 0.5) is 0 Å². The van der Waals surface area contributed by atoms with Crippen LogP contribution in [0.5, 0.6) is 0 Å². The van der Waals surface area contributed by atoms with Crippen molar-refractivity contribution in [2.24, 2.45) is 17.4 Å². The number of rotatable bonds is 5. The Bertz CT molecular complexity index is 375. The first-order valence-electron chi connectivity index (χ1n) is 4.47. The zero-order valence-electron chi connectivity index (χ0n) is 8.40. The zero-order chi connectivity index (χ0) is 11.4. The number of carbonyl (C=O) groups excluding carboxylic acids is 2. The molecule has 15 heavy (non-hydrogen) atoms. The van der Waals surface area contributed by atoms with Crippen LogP contribution in [0, 0.1) is 12.8 Å². The van der Waals surface area contributed by atoms with E-state index in [1.807, 2.05) is 12.3 Å². The largest absolute Gasteiger partial charge is 0.370 e. The molecular weight excluding hydrogens is 214 g/mol. The Balaban J connectivity index is 2.66. The molecule has 82 valence electrons. The molecule has 0 saturated carbocycles. The van der Waals surface area contributed by atoms with E-state index in [0.717, 1.165) is 10.7 Å². The maximum absolute atomic E-state index is 11.0. The van der Waals surface area contributed by atoms with E-state index < -0.39 is 17.7 Å². The molecule has 0 aliphatic carbocycles. The molecule has 1 atom stereocenters. The SMILES string of the molecule is Cc1nc(CC(CC(N)=O)C(N)=O)cs1. The van der Waals surface area contributed by atoms with Crippen LogP contribution in [-0.4, -0.2) is 16.8 Å². The number of nitrogens with zero attached hydrogens (tertiary/aromatic N) is 1. The van der Waals surface area contributed by atoms with Gasteiger partial charge < -0.3 is 11.5 Å². The molecule has 0 saturated heterocycles. The molecule has 0 aliphatic rings. The van der Waals surface area contributed by atoms with E-state index in [2.05, 4.69) is 4.98 Å². The fraction of sp³-hybridized carbons (Fsp3) is 0.444. The van der Waals surface area contributed by atoms with Crippen LogP contribution in [0.3, 0.4) is 0 Å². The van der Waals surface area contributed by atoms with Crippen molar-refractivity contribution in [1.29, 1.82) is 0 Å². The van der Waals surface area contributed by atoms with Crippen LogP contribution < -0.4 is 11.5 Å². The van der Waals surface area contributed by atoms with Crippen molar-refractivity contribution in [3.05, 3.63) is 16.1 Å². The molecule has 0 fully saturated rings. The quantitative estimate of drug-likeness (QED) is 0.738. The van der Waals surface area contributed by atoms with E-state index in [-0.39, 0.29) is 6.42 Å². The topological polar surface area (TPSA) is 99.1 Å². The van der Waals surface area contributed by atoms with Gasteiger partial charge in [-0.25, -0.2) is 4.98 Å². The Morgan fingerprint density at radius 2 is 2.20 bits per heavy atom. The van der Waals surface area contributed by atoms with Gasteiger partial charge in [0.05, 0.1) is 16.6 Å². The number of primary amides is 2. The van der Waals surface area contributed by atoms with Crippen molar-refractivity contribution < 1.29 is 9.59 Å². The highest BCUT2D eigenvalue weighted by Gasteiger charge is 2.19. The Morgan fingerprint density at radius 3 is 2.60 bits per heavy atom. The molecule has 0 aliphatic heterocycles. The van der Waals surface area contributed by atoms with Crippen molar-refractivity contribution >= 4 is 23.2 Å². The molecule has 6 heteroatoms. The van der Waals surface area contributed by atoms with E-state index in [1.54, 1.807) is 0 Å². The van der Waals surface area contributed by atoms with Crippen molar-refractivity contribution in [3.8, 4) is 0 Å². The summed E-state index contributed by atoms with van der Waals surface area (Å²) in [5, 5.41) is 2.78. The fourth-order valence-corrected chi connectivity index (χ4v) is 1.90. The monoisotopic (exact) mass is 227 g/mol. The third-order valence-corrected chi connectivity index (χ3v) is 2.79. The second-order valence-corrected chi connectivity index (χ2v) is 4.39. The third-order valence-electron chi connectivity index (χ3n) is 1.97. The van der Waals surface area contributed by atoms with Crippen LogP contribution in [-0.2, 0) is 16.0 Å². The summed E-state index contributed by atoms with van der Waals surface area (Å²) in [6, 6.07) is 0. The predicted molar refractivity (Wildman–Crippen MR) is 57.1 cm³/mol. The molecule has 1 aromatic heterocycles. The molecule has 0 aromatic carbocycles. The Labute approximate surface area is 91.5 Å². The molecule has 0 bridgehead atoms. The third kappa shape index (κ3) is 3.67. The number of carbonyl (C=O) groups is 2. The average molecular weight is 227 g/mol. The highest BCUT2D eigenvalue weighted by Crippen LogP contribution is 2.14. The molecule has 4 N–H and O–H groups in total. The van der Waals surface area contributed by atoms with Crippen molar-refractivity contribution in [2.75, 3.05) is 0 Å². The molecule has 0 spiro atoms. The minimum atomic E-state index is -0.552. The van der Waals surface area contributed by atoms with E-state index >= 15 is 0 Å². The lowest BCUT2D eigenvalue weighted by Crippen LogP contribution is -2.29. The molecule has 0 radical (unpaired) electrons. The molecule has 1 heterocycles. The summed E-state index contributed by atoms with van der Waals surface area (Å²) in [5.41, 5.74) is 11.0. The lowest BCUT2D eigenvalue weighted by atomic mass is 9.99. The maximum atomic E-state index is 11.0. The van der Waals surface area contributed by atoms with E-state index in [1.165, 1.54) is 11.3 Å². The van der Waals surface area contributed by atoms with Gasteiger partial charge in [0.1, 0.15) is 0 Å². The van der Waals surface area contributed by atoms with Gasteiger partial charge in [-0.1, -0.05) is 0 Å². The van der Waals surface area contributed by atoms with Crippen molar-refractivity contribution in [2.45, 2.75) is 19.8 Å². The average Bonchev–Trinajstić information content (AvgIpc) is 2.49. The second-order valence-electron chi connectivity index (χ2n) is 3.33. The van der Waals surface area contributed by atoms with Gasteiger partial charge in [-0.3, -0.25) is 9.59 Å². The second kappa shape index (κ2) is 4.88. The first-order chi connectivity index (χ1) is 6.99. The maximum Gasteiger partial charge on any atom is 0.221 e. The first kappa shape index (κ1) is 11.6. The van der Waals surface area contributed by atoms with Crippen molar-refractivity contribution in [3.63, 3.8) is 0 Å². The lowest BCUT2D eigenvalue weighted by molar-refractivity contribution is -0.126. The van der Waals surface area contributed by atoms with Gasteiger partial charge >= 0.3 is 0 Å². The summed E-state index contributed by atoms with van der Waals surface area (Å²) in [4.78, 5) is 25.9. The van der Waals surface area contributed by atoms with Gasteiger partial charge in [0.2, 0.25) is 11.8 Å². The number of hydrogen-bond donors (Lipinski definition) is 2. The van der Waals surface area contributed by atoms with E-state index in [9.17, 15) is 9.59 Å². The van der Waals surface area contributed by atoms with Gasteiger partial charge in [0, 0.05) is 18.2 Å². The Morgan fingerprint density at radius 1 is 1.53 bits per heavy atom. The summed E-state index contributed by atoms with van der Waals surface area (Å²) in [7, 11) is 0. The van der Waals surface area contributed by atoms with Crippen LogP contribution >= 0.6 is 11.3 Å². The fourth-order valence-electron chi connectivity index (χ4n) is 1.27. The number of thiazole rings is 1. The molecule has 1 aromatic rings. The van der Waals surface area contributed by atoms with E-state index in [0.29, 0.717) is 6.42 Å². The predicted octanol–water partition coefficient (Wildman–Crippen LogP) is -0.0291. The summed E-state index contributed by atoms with van der Waals surface area (Å²) < 4.78 is 0. The molecule has 1 rings (SSSR count). The van der Waals surface area contributed by atoms with Crippen LogP contribution in [0.2, 0.25) is 0 Å². The lowest BCUT2D eigenvalue weighted by Gasteiger charge is -2.08. The van der Waals surface area contributed by atoms with E-state index in [4.69, 9.17) is 11.5 Å². The smallest absolute Gasteiger partial charge is 0.221 e. The minimum absolute atomic E-state index is 0.0219. The van der Waals surface area contributed by atoms with Gasteiger partial charge in [0.15, 0.2) is 0 Å². The number of hydrogen-bond acceptors (Lipinski definition) is 4. The number of aromatic nitrogens is 1. The first-order valence-corrected chi connectivity index (χ1v) is 5.35. The Kier molecular flexibility index (Phi) is 3.79. The van der Waals surface area contributed by atoms with Crippen LogP contribution in [0.15, 0.2) is 5.38 Å². The molecular formula is C9H13N3O2S. The molecule has 1 unspecified atom stereocenters. The normalized spacial score (nSPS) is 12.3. The summed E-state index contributed by atoms with van der Waals surface area (Å²) in [6.07, 6.45) is 0.356. The van der Waals surface area contributed by atoms with Gasteiger partial charge in [0.25, 0.3) is 0 Å². The molecule has 5 nitrogen and oxygen atoms in total. The standard InChI is InChI=1S/C9H13N3O2S/c1-5-12-7(4-15-5)2-6(9(11)14)3-8(10)13/h4,6H,2-3H2,1H3,(H2,10,13)(H2,11,14). The minimum Gasteiger partial charge on any atom is -0.370 e. The zero-order valence-corrected chi connectivity index (χ0v) is 9.21. The van der Waals surface area contributed by atoms with Crippen molar-refractivity contribution in [1.82, 2.24) is 4.98 Å².